The van der Waals surface area contributed by atoms with Crippen LogP contribution in [0.2, 0.25) is 0 Å². The Morgan fingerprint density at radius 1 is 0.925 bits per heavy atom. The van der Waals surface area contributed by atoms with Crippen LogP contribution in [0.4, 0.5) is 0 Å². The molecule has 1 heterocycles. The van der Waals surface area contributed by atoms with E-state index in [1.54, 1.807) is 11.8 Å². The highest BCUT2D eigenvalue weighted by molar-refractivity contribution is 5.89. The molecule has 1 aliphatic heterocycles. The summed E-state index contributed by atoms with van der Waals surface area (Å²) in [6.07, 6.45) is 4.89. The zero-order valence-electron chi connectivity index (χ0n) is 23.5. The van der Waals surface area contributed by atoms with Gasteiger partial charge in [-0.3, -0.25) is 4.79 Å². The highest BCUT2D eigenvalue weighted by Crippen LogP contribution is 2.37. The summed E-state index contributed by atoms with van der Waals surface area (Å²) in [4.78, 5) is 29.3. The Morgan fingerprint density at radius 3 is 2.33 bits per heavy atom. The fourth-order valence-electron chi connectivity index (χ4n) is 5.82. The molecule has 5 rings (SSSR count). The van der Waals surface area contributed by atoms with Crippen LogP contribution in [-0.2, 0) is 38.6 Å². The Hall–Kier alpha value is -3.64. The zero-order valence-corrected chi connectivity index (χ0v) is 23.5. The van der Waals surface area contributed by atoms with Gasteiger partial charge in [0.05, 0.1) is 12.7 Å². The summed E-state index contributed by atoms with van der Waals surface area (Å²) in [5.41, 5.74) is 4.82. The first kappa shape index (κ1) is 27.9. The molecule has 6 nitrogen and oxygen atoms in total. The first-order chi connectivity index (χ1) is 19.5. The van der Waals surface area contributed by atoms with Gasteiger partial charge in [0.1, 0.15) is 18.4 Å². The highest BCUT2D eigenvalue weighted by Gasteiger charge is 2.41. The number of hydrogen-bond acceptors (Lipinski definition) is 5. The summed E-state index contributed by atoms with van der Waals surface area (Å²) in [5, 5.41) is 0. The molecule has 40 heavy (non-hydrogen) atoms. The van der Waals surface area contributed by atoms with Gasteiger partial charge in [0, 0.05) is 18.5 Å². The molecule has 6 heteroatoms. The van der Waals surface area contributed by atoms with Crippen molar-refractivity contribution in [2.45, 2.75) is 83.8 Å². The average Bonchev–Trinajstić information content (AvgIpc) is 3.00. The minimum atomic E-state index is -0.776. The Kier molecular flexibility index (Phi) is 9.17. The van der Waals surface area contributed by atoms with Crippen molar-refractivity contribution in [2.24, 2.45) is 0 Å². The minimum absolute atomic E-state index is 0.0293. The molecule has 1 saturated carbocycles. The van der Waals surface area contributed by atoms with Crippen molar-refractivity contribution in [3.8, 4) is 5.75 Å². The Bertz CT molecular complexity index is 1290. The van der Waals surface area contributed by atoms with Crippen LogP contribution in [0.15, 0.2) is 72.8 Å². The summed E-state index contributed by atoms with van der Waals surface area (Å²) in [6, 6.07) is 23.0. The fourth-order valence-corrected chi connectivity index (χ4v) is 5.82. The first-order valence-corrected chi connectivity index (χ1v) is 14.5. The molecule has 1 fully saturated rings. The van der Waals surface area contributed by atoms with Crippen molar-refractivity contribution in [1.29, 1.82) is 0 Å². The highest BCUT2D eigenvalue weighted by atomic mass is 16.5. The maximum atomic E-state index is 14.3. The largest absolute Gasteiger partial charge is 0.488 e. The lowest BCUT2D eigenvalue weighted by molar-refractivity contribution is -0.163. The zero-order chi connectivity index (χ0) is 27.9. The van der Waals surface area contributed by atoms with Gasteiger partial charge in [-0.2, -0.15) is 0 Å². The molecule has 210 valence electrons. The van der Waals surface area contributed by atoms with Gasteiger partial charge in [-0.25, -0.2) is 4.79 Å². The summed E-state index contributed by atoms with van der Waals surface area (Å²) in [6.45, 7) is 4.77. The van der Waals surface area contributed by atoms with E-state index in [-0.39, 0.29) is 25.2 Å². The molecule has 0 radical (unpaired) electrons. The Morgan fingerprint density at radius 2 is 1.62 bits per heavy atom. The lowest BCUT2D eigenvalue weighted by atomic mass is 9.90. The summed E-state index contributed by atoms with van der Waals surface area (Å²) >= 11 is 0. The molecule has 1 aliphatic carbocycles. The van der Waals surface area contributed by atoms with Crippen LogP contribution in [0.1, 0.15) is 72.9 Å². The van der Waals surface area contributed by atoms with Gasteiger partial charge in [-0.15, -0.1) is 0 Å². The number of carbonyl (C=O) groups excluding carboxylic acids is 2. The Labute approximate surface area is 237 Å². The molecular formula is C34H39NO5. The van der Waals surface area contributed by atoms with Crippen LogP contribution < -0.4 is 4.74 Å². The number of ether oxygens (including phenoxy) is 3. The van der Waals surface area contributed by atoms with Gasteiger partial charge >= 0.3 is 5.97 Å². The molecule has 0 bridgehead atoms. The second-order valence-corrected chi connectivity index (χ2v) is 10.7. The summed E-state index contributed by atoms with van der Waals surface area (Å²) in [5.74, 6) is 0.176. The van der Waals surface area contributed by atoms with Crippen molar-refractivity contribution in [2.75, 3.05) is 6.61 Å². The van der Waals surface area contributed by atoms with Crippen LogP contribution in [-0.4, -0.2) is 35.5 Å². The predicted octanol–water partition coefficient (Wildman–Crippen LogP) is 6.48. The van der Waals surface area contributed by atoms with Crippen LogP contribution >= 0.6 is 0 Å². The standard InChI is InChI=1S/C34H39NO5/c1-3-38-34(37)30-21-29-27(20-19-24(2)31(29)39-23-25-13-7-4-8-14-25)22-35(30)33(36)32(26-15-9-5-10-16-26)40-28-17-11-6-12-18-28/h4-5,7-10,13-16,19-20,28,30,32H,3,6,11-12,17-18,21-23H2,1-2H3/t30-,32-/m0/s1. The van der Waals surface area contributed by atoms with Gasteiger partial charge < -0.3 is 19.1 Å². The van der Waals surface area contributed by atoms with E-state index in [0.717, 1.165) is 59.3 Å². The van der Waals surface area contributed by atoms with E-state index in [1.807, 2.05) is 79.7 Å². The van der Waals surface area contributed by atoms with Gasteiger partial charge in [-0.05, 0) is 48.9 Å². The SMILES string of the molecule is CCOC(=O)[C@@H]1Cc2c(ccc(C)c2OCc2ccccc2)CN1C(=O)[C@@H](OC1CCCCC1)c1ccccc1. The maximum absolute atomic E-state index is 14.3. The molecule has 0 spiro atoms. The molecule has 2 atom stereocenters. The van der Waals surface area contributed by atoms with Crippen LogP contribution in [0, 0.1) is 6.92 Å². The summed E-state index contributed by atoms with van der Waals surface area (Å²) in [7, 11) is 0. The number of fused-ring (bicyclic) bond motifs is 1. The minimum Gasteiger partial charge on any atom is -0.488 e. The third kappa shape index (κ3) is 6.39. The molecule has 1 amide bonds. The van der Waals surface area contributed by atoms with Gasteiger partial charge in [0.15, 0.2) is 6.10 Å². The predicted molar refractivity (Wildman–Crippen MR) is 154 cm³/mol. The third-order valence-electron chi connectivity index (χ3n) is 7.94. The topological polar surface area (TPSA) is 65.1 Å². The van der Waals surface area contributed by atoms with E-state index in [9.17, 15) is 9.59 Å². The molecular weight excluding hydrogens is 502 g/mol. The number of carbonyl (C=O) groups is 2. The van der Waals surface area contributed by atoms with Crippen molar-refractivity contribution in [1.82, 2.24) is 4.90 Å². The summed E-state index contributed by atoms with van der Waals surface area (Å²) < 4.78 is 18.4. The van der Waals surface area contributed by atoms with Crippen LogP contribution in [0.5, 0.6) is 5.75 Å². The van der Waals surface area contributed by atoms with E-state index >= 15 is 0 Å². The molecule has 0 saturated heterocycles. The second kappa shape index (κ2) is 13.1. The molecule has 0 aromatic heterocycles. The van der Waals surface area contributed by atoms with Gasteiger partial charge in [0.25, 0.3) is 5.91 Å². The lowest BCUT2D eigenvalue weighted by Crippen LogP contribution is -2.51. The molecule has 3 aromatic rings. The van der Waals surface area contributed by atoms with E-state index in [4.69, 9.17) is 14.2 Å². The smallest absolute Gasteiger partial charge is 0.329 e. The number of hydrogen-bond donors (Lipinski definition) is 0. The number of benzene rings is 3. The third-order valence-corrected chi connectivity index (χ3v) is 7.94. The number of rotatable bonds is 9. The van der Waals surface area contributed by atoms with Gasteiger partial charge in [0.2, 0.25) is 0 Å². The van der Waals surface area contributed by atoms with E-state index in [1.165, 1.54) is 6.42 Å². The second-order valence-electron chi connectivity index (χ2n) is 10.7. The molecule has 2 aliphatic rings. The van der Waals surface area contributed by atoms with Crippen LogP contribution in [0.3, 0.4) is 0 Å². The Balaban J connectivity index is 1.46. The number of nitrogens with zero attached hydrogens (tertiary/aromatic N) is 1. The van der Waals surface area contributed by atoms with Crippen LogP contribution in [0.25, 0.3) is 0 Å². The van der Waals surface area contributed by atoms with E-state index in [2.05, 4.69) is 0 Å². The maximum Gasteiger partial charge on any atom is 0.329 e. The van der Waals surface area contributed by atoms with E-state index in [0.29, 0.717) is 13.0 Å². The van der Waals surface area contributed by atoms with Gasteiger partial charge in [-0.1, -0.05) is 92.1 Å². The number of esters is 1. The first-order valence-electron chi connectivity index (χ1n) is 14.5. The number of amides is 1. The molecule has 0 N–H and O–H groups in total. The lowest BCUT2D eigenvalue weighted by Gasteiger charge is -2.39. The monoisotopic (exact) mass is 541 g/mol. The van der Waals surface area contributed by atoms with Crippen molar-refractivity contribution in [3.05, 3.63) is 101 Å². The average molecular weight is 542 g/mol. The van der Waals surface area contributed by atoms with Crippen molar-refractivity contribution in [3.63, 3.8) is 0 Å². The molecule has 0 unspecified atom stereocenters. The van der Waals surface area contributed by atoms with Crippen molar-refractivity contribution < 1.29 is 23.8 Å². The van der Waals surface area contributed by atoms with E-state index < -0.39 is 18.1 Å². The normalized spacial score (nSPS) is 18.1. The number of aryl methyl sites for hydroxylation is 1. The molecule has 3 aromatic carbocycles. The quantitative estimate of drug-likeness (QED) is 0.290. The van der Waals surface area contributed by atoms with Crippen molar-refractivity contribution >= 4 is 11.9 Å². The fraction of sp³-hybridized carbons (Fsp3) is 0.412.